The van der Waals surface area contributed by atoms with Crippen LogP contribution >= 0.6 is 21.6 Å². The molecule has 0 saturated heterocycles. The summed E-state index contributed by atoms with van der Waals surface area (Å²) in [5.74, 6) is 2.89. The SMILES string of the molecule is CCCCCCSSC(c1ccccc1)(c1ccc(OC)cc1)c1ccc(OC)cc1. The molecule has 0 amide bonds. The molecule has 0 fully saturated rings. The summed E-state index contributed by atoms with van der Waals surface area (Å²) < 4.78 is 10.5. The van der Waals surface area contributed by atoms with Crippen molar-refractivity contribution in [3.05, 3.63) is 95.6 Å². The fourth-order valence-electron chi connectivity index (χ4n) is 3.69. The zero-order chi connectivity index (χ0) is 21.9. The van der Waals surface area contributed by atoms with E-state index in [0.29, 0.717) is 0 Å². The molecule has 0 aromatic heterocycles. The van der Waals surface area contributed by atoms with E-state index < -0.39 is 0 Å². The molecule has 0 spiro atoms. The van der Waals surface area contributed by atoms with Crippen molar-refractivity contribution in [1.29, 1.82) is 0 Å². The molecule has 0 saturated carbocycles. The van der Waals surface area contributed by atoms with Crippen molar-refractivity contribution in [2.45, 2.75) is 37.4 Å². The highest BCUT2D eigenvalue weighted by molar-refractivity contribution is 8.77. The second-order valence-corrected chi connectivity index (χ2v) is 10.1. The maximum absolute atomic E-state index is 5.43. The molecule has 0 aliphatic rings. The second-order valence-electron chi connectivity index (χ2n) is 7.47. The van der Waals surface area contributed by atoms with Crippen LogP contribution in [0.4, 0.5) is 0 Å². The minimum absolute atomic E-state index is 0.324. The minimum atomic E-state index is -0.324. The first-order valence-electron chi connectivity index (χ1n) is 10.9. The Bertz CT molecular complexity index is 845. The lowest BCUT2D eigenvalue weighted by Gasteiger charge is -2.35. The normalized spacial score (nSPS) is 11.3. The summed E-state index contributed by atoms with van der Waals surface area (Å²) in [6, 6.07) is 27.8. The zero-order valence-electron chi connectivity index (χ0n) is 18.7. The minimum Gasteiger partial charge on any atom is -0.497 e. The number of benzene rings is 3. The van der Waals surface area contributed by atoms with E-state index in [1.54, 1.807) is 14.2 Å². The fraction of sp³-hybridized carbons (Fsp3) is 0.333. The molecule has 0 heterocycles. The predicted molar refractivity (Wildman–Crippen MR) is 137 cm³/mol. The molecule has 3 aromatic carbocycles. The monoisotopic (exact) mass is 452 g/mol. The third kappa shape index (κ3) is 5.81. The van der Waals surface area contributed by atoms with Crippen molar-refractivity contribution in [2.24, 2.45) is 0 Å². The molecule has 0 N–H and O–H groups in total. The number of hydrogen-bond acceptors (Lipinski definition) is 4. The zero-order valence-corrected chi connectivity index (χ0v) is 20.3. The van der Waals surface area contributed by atoms with Crippen LogP contribution in [0.3, 0.4) is 0 Å². The summed E-state index contributed by atoms with van der Waals surface area (Å²) in [4.78, 5) is 0. The highest BCUT2D eigenvalue weighted by Gasteiger charge is 2.37. The van der Waals surface area contributed by atoms with Crippen LogP contribution in [0.25, 0.3) is 0 Å². The molecule has 3 rings (SSSR count). The van der Waals surface area contributed by atoms with Gasteiger partial charge in [-0.2, -0.15) is 0 Å². The molecular formula is C27H32O2S2. The largest absolute Gasteiger partial charge is 0.497 e. The molecule has 2 nitrogen and oxygen atoms in total. The van der Waals surface area contributed by atoms with Gasteiger partial charge in [0.25, 0.3) is 0 Å². The molecule has 3 aromatic rings. The Kier molecular flexibility index (Phi) is 9.23. The number of rotatable bonds is 12. The van der Waals surface area contributed by atoms with Crippen molar-refractivity contribution in [1.82, 2.24) is 0 Å². The van der Waals surface area contributed by atoms with Crippen LogP contribution in [0, 0.1) is 0 Å². The highest BCUT2D eigenvalue weighted by Crippen LogP contribution is 2.53. The van der Waals surface area contributed by atoms with E-state index in [-0.39, 0.29) is 4.75 Å². The van der Waals surface area contributed by atoms with Crippen LogP contribution in [0.2, 0.25) is 0 Å². The van der Waals surface area contributed by atoms with Crippen molar-refractivity contribution in [2.75, 3.05) is 20.0 Å². The maximum atomic E-state index is 5.43. The number of ether oxygens (including phenoxy) is 2. The maximum Gasteiger partial charge on any atom is 0.118 e. The summed E-state index contributed by atoms with van der Waals surface area (Å²) in [5, 5.41) is 0. The first-order valence-corrected chi connectivity index (χ1v) is 13.2. The lowest BCUT2D eigenvalue weighted by atomic mass is 9.84. The molecule has 164 valence electrons. The smallest absolute Gasteiger partial charge is 0.118 e. The van der Waals surface area contributed by atoms with E-state index in [1.165, 1.54) is 42.4 Å². The standard InChI is InChI=1S/C27H32O2S2/c1-4-5-6-10-21-30-31-27(22-11-8-7-9-12-22,23-13-17-25(28-2)18-14-23)24-15-19-26(29-3)20-16-24/h7-9,11-20H,4-6,10,21H2,1-3H3. The summed E-state index contributed by atoms with van der Waals surface area (Å²) in [7, 11) is 7.34. The van der Waals surface area contributed by atoms with Gasteiger partial charge >= 0.3 is 0 Å². The average molecular weight is 453 g/mol. The predicted octanol–water partition coefficient (Wildman–Crippen LogP) is 7.96. The molecule has 0 aliphatic carbocycles. The van der Waals surface area contributed by atoms with Gasteiger partial charge < -0.3 is 9.47 Å². The van der Waals surface area contributed by atoms with Crippen LogP contribution in [-0.2, 0) is 4.75 Å². The van der Waals surface area contributed by atoms with Crippen LogP contribution in [0.15, 0.2) is 78.9 Å². The van der Waals surface area contributed by atoms with Gasteiger partial charge in [0, 0.05) is 5.75 Å². The molecule has 0 radical (unpaired) electrons. The van der Waals surface area contributed by atoms with Gasteiger partial charge in [0.05, 0.1) is 14.2 Å². The Morgan fingerprint density at radius 3 is 1.65 bits per heavy atom. The van der Waals surface area contributed by atoms with Crippen LogP contribution in [-0.4, -0.2) is 20.0 Å². The first kappa shape index (κ1) is 23.6. The molecule has 4 heteroatoms. The fourth-order valence-corrected chi connectivity index (χ4v) is 6.97. The number of hydrogen-bond donors (Lipinski definition) is 0. The van der Waals surface area contributed by atoms with Crippen molar-refractivity contribution >= 4 is 21.6 Å². The molecule has 0 aliphatic heterocycles. The van der Waals surface area contributed by atoms with E-state index in [1.807, 2.05) is 21.6 Å². The van der Waals surface area contributed by atoms with Crippen molar-refractivity contribution < 1.29 is 9.47 Å². The van der Waals surface area contributed by atoms with E-state index in [0.717, 1.165) is 17.3 Å². The third-order valence-electron chi connectivity index (χ3n) is 5.44. The average Bonchev–Trinajstić information content (AvgIpc) is 2.85. The van der Waals surface area contributed by atoms with Crippen LogP contribution in [0.5, 0.6) is 11.5 Å². The van der Waals surface area contributed by atoms with Crippen LogP contribution in [0.1, 0.15) is 49.3 Å². The Labute approximate surface area is 195 Å². The van der Waals surface area contributed by atoms with Gasteiger partial charge in [-0.3, -0.25) is 0 Å². The van der Waals surface area contributed by atoms with Crippen molar-refractivity contribution in [3.8, 4) is 11.5 Å². The summed E-state index contributed by atoms with van der Waals surface area (Å²) >= 11 is 0. The first-order chi connectivity index (χ1) is 15.2. The Hall–Kier alpha value is -2.04. The van der Waals surface area contributed by atoms with Crippen molar-refractivity contribution in [3.63, 3.8) is 0 Å². The molecule has 0 unspecified atom stereocenters. The third-order valence-corrected chi connectivity index (χ3v) is 8.57. The summed E-state index contributed by atoms with van der Waals surface area (Å²) in [5.41, 5.74) is 3.77. The summed E-state index contributed by atoms with van der Waals surface area (Å²) in [6.45, 7) is 2.26. The number of methoxy groups -OCH3 is 2. The highest BCUT2D eigenvalue weighted by atomic mass is 33.1. The van der Waals surface area contributed by atoms with E-state index in [2.05, 4.69) is 85.8 Å². The van der Waals surface area contributed by atoms with Crippen LogP contribution < -0.4 is 9.47 Å². The van der Waals surface area contributed by atoms with E-state index >= 15 is 0 Å². The molecule has 0 atom stereocenters. The number of unbranched alkanes of at least 4 members (excludes halogenated alkanes) is 3. The van der Waals surface area contributed by atoms with Gasteiger partial charge in [0.15, 0.2) is 0 Å². The lowest BCUT2D eigenvalue weighted by Crippen LogP contribution is -2.24. The molecular weight excluding hydrogens is 420 g/mol. The van der Waals surface area contributed by atoms with Gasteiger partial charge in [0.1, 0.15) is 16.2 Å². The lowest BCUT2D eigenvalue weighted by molar-refractivity contribution is 0.414. The Morgan fingerprint density at radius 1 is 0.645 bits per heavy atom. The van der Waals surface area contributed by atoms with E-state index in [9.17, 15) is 0 Å². The van der Waals surface area contributed by atoms with E-state index in [4.69, 9.17) is 9.47 Å². The van der Waals surface area contributed by atoms with Gasteiger partial charge in [-0.15, -0.1) is 0 Å². The Balaban J connectivity index is 2.05. The molecule has 0 bridgehead atoms. The van der Waals surface area contributed by atoms with Gasteiger partial charge in [-0.05, 0) is 47.4 Å². The Morgan fingerprint density at radius 2 is 1.16 bits per heavy atom. The van der Waals surface area contributed by atoms with Gasteiger partial charge in [-0.1, -0.05) is 102 Å². The quantitative estimate of drug-likeness (QED) is 0.157. The van der Waals surface area contributed by atoms with Gasteiger partial charge in [0.2, 0.25) is 0 Å². The molecule has 31 heavy (non-hydrogen) atoms. The summed E-state index contributed by atoms with van der Waals surface area (Å²) in [6.07, 6.45) is 5.13. The van der Waals surface area contributed by atoms with Gasteiger partial charge in [-0.25, -0.2) is 0 Å². The second kappa shape index (κ2) is 12.1. The topological polar surface area (TPSA) is 18.5 Å².